The number of hydrogen-bond acceptors (Lipinski definition) is 10. The summed E-state index contributed by atoms with van der Waals surface area (Å²) >= 11 is 0. The van der Waals surface area contributed by atoms with E-state index in [1.165, 1.54) is 11.8 Å². The first-order chi connectivity index (χ1) is 25.2. The van der Waals surface area contributed by atoms with E-state index < -0.39 is 0 Å². The molecular weight excluding hydrogens is 658 g/mol. The van der Waals surface area contributed by atoms with Crippen LogP contribution in [0, 0.1) is 5.92 Å². The second-order valence-corrected chi connectivity index (χ2v) is 14.7. The Balaban J connectivity index is 1.03. The van der Waals surface area contributed by atoms with Crippen LogP contribution in [0.25, 0.3) is 11.1 Å². The molecule has 1 aromatic carbocycles. The lowest BCUT2D eigenvalue weighted by Gasteiger charge is -2.43. The van der Waals surface area contributed by atoms with Gasteiger partial charge in [0.15, 0.2) is 0 Å². The number of fused-ring (bicyclic) bond motifs is 3. The van der Waals surface area contributed by atoms with E-state index in [9.17, 15) is 14.4 Å². The molecule has 0 bridgehead atoms. The Bertz CT molecular complexity index is 1970. The van der Waals surface area contributed by atoms with Gasteiger partial charge in [-0.25, -0.2) is 4.98 Å². The summed E-state index contributed by atoms with van der Waals surface area (Å²) in [5.41, 5.74) is 19.4. The van der Waals surface area contributed by atoms with Gasteiger partial charge >= 0.3 is 0 Å². The number of anilines is 2. The molecule has 2 aromatic heterocycles. The Hall–Kier alpha value is -5.37. The Labute approximate surface area is 303 Å². The van der Waals surface area contributed by atoms with Crippen LogP contribution in [0.4, 0.5) is 11.4 Å². The van der Waals surface area contributed by atoms with Crippen molar-refractivity contribution in [3.05, 3.63) is 83.0 Å². The highest BCUT2D eigenvalue weighted by Crippen LogP contribution is 2.49. The minimum absolute atomic E-state index is 0.00802. The van der Waals surface area contributed by atoms with Crippen molar-refractivity contribution in [2.75, 3.05) is 43.4 Å². The number of para-hydroxylation sites is 1. The van der Waals surface area contributed by atoms with Crippen molar-refractivity contribution >= 4 is 29.1 Å². The number of nitrogens with one attached hydrogen (secondary N) is 3. The zero-order valence-electron chi connectivity index (χ0n) is 29.8. The first-order valence-corrected chi connectivity index (χ1v) is 18.4. The first kappa shape index (κ1) is 33.8. The van der Waals surface area contributed by atoms with Crippen molar-refractivity contribution in [1.82, 2.24) is 35.2 Å². The lowest BCUT2D eigenvalue weighted by atomic mass is 9.91. The van der Waals surface area contributed by atoms with Crippen molar-refractivity contribution in [3.8, 4) is 11.1 Å². The van der Waals surface area contributed by atoms with Gasteiger partial charge in [0, 0.05) is 68.9 Å². The molecule has 14 heteroatoms. The summed E-state index contributed by atoms with van der Waals surface area (Å²) in [4.78, 5) is 49.4. The largest absolute Gasteiger partial charge is 0.393 e. The quantitative estimate of drug-likeness (QED) is 0.139. The third kappa shape index (κ3) is 6.58. The number of allylic oxidation sites excluding steroid dienone is 1. The molecule has 5 heterocycles. The van der Waals surface area contributed by atoms with Crippen molar-refractivity contribution in [1.29, 1.82) is 0 Å². The smallest absolute Gasteiger partial charge is 0.272 e. The Morgan fingerprint density at radius 2 is 1.77 bits per heavy atom. The number of likely N-dealkylation sites (tertiary alicyclic amines) is 2. The van der Waals surface area contributed by atoms with E-state index in [4.69, 9.17) is 16.6 Å². The SMILES string of the molecule is CCC1c2c(cnn2C2CN(Cc3cccc(C(=O)N4CCC4)n3)C2)-c2cccc(NC(/C=C(\N)NC(=O)C3CC3)=C(/N)C(=O)NC3CC3)c2N1C. The van der Waals surface area contributed by atoms with Gasteiger partial charge in [0.1, 0.15) is 17.2 Å². The molecule has 2 saturated heterocycles. The van der Waals surface area contributed by atoms with Crippen molar-refractivity contribution in [2.45, 2.75) is 70.1 Å². The summed E-state index contributed by atoms with van der Waals surface area (Å²) in [6.45, 7) is 6.13. The molecule has 2 aliphatic carbocycles. The number of rotatable bonds is 12. The maximum absolute atomic E-state index is 13.1. The number of carbonyl (C=O) groups is 3. The molecule has 272 valence electrons. The van der Waals surface area contributed by atoms with Crippen molar-refractivity contribution < 1.29 is 14.4 Å². The van der Waals surface area contributed by atoms with Gasteiger partial charge < -0.3 is 37.2 Å². The molecule has 5 aliphatic rings. The van der Waals surface area contributed by atoms with Gasteiger partial charge in [-0.2, -0.15) is 5.10 Å². The molecular formula is C38H47N11O3. The molecule has 3 aromatic rings. The number of amides is 3. The number of benzene rings is 1. The predicted octanol–water partition coefficient (Wildman–Crippen LogP) is 2.94. The van der Waals surface area contributed by atoms with Crippen LogP contribution in [0.5, 0.6) is 0 Å². The first-order valence-electron chi connectivity index (χ1n) is 18.4. The zero-order valence-corrected chi connectivity index (χ0v) is 29.8. The van der Waals surface area contributed by atoms with Crippen molar-refractivity contribution in [3.63, 3.8) is 0 Å². The van der Waals surface area contributed by atoms with Crippen LogP contribution in [0.1, 0.15) is 79.4 Å². The van der Waals surface area contributed by atoms with E-state index in [1.54, 1.807) is 6.07 Å². The molecule has 14 nitrogen and oxygen atoms in total. The number of nitrogens with zero attached hydrogens (tertiary/aromatic N) is 6. The van der Waals surface area contributed by atoms with Gasteiger partial charge in [0.2, 0.25) is 5.91 Å². The maximum Gasteiger partial charge on any atom is 0.272 e. The number of nitrogens with two attached hydrogens (primary N) is 2. The number of hydrogen-bond donors (Lipinski definition) is 5. The highest BCUT2D eigenvalue weighted by molar-refractivity contribution is 5.97. The average Bonchev–Trinajstić information content (AvgIpc) is 4.04. The molecule has 52 heavy (non-hydrogen) atoms. The third-order valence-electron chi connectivity index (χ3n) is 10.8. The second-order valence-electron chi connectivity index (χ2n) is 14.7. The highest BCUT2D eigenvalue weighted by atomic mass is 16.2. The summed E-state index contributed by atoms with van der Waals surface area (Å²) in [5, 5.41) is 14.1. The lowest BCUT2D eigenvalue weighted by molar-refractivity contribution is -0.121. The molecule has 1 unspecified atom stereocenters. The number of carbonyl (C=O) groups excluding carboxylic acids is 3. The fourth-order valence-electron chi connectivity index (χ4n) is 7.39. The van der Waals surface area contributed by atoms with Crippen LogP contribution in [0.3, 0.4) is 0 Å². The molecule has 0 spiro atoms. The van der Waals surface area contributed by atoms with Crippen LogP contribution >= 0.6 is 0 Å². The van der Waals surface area contributed by atoms with E-state index in [0.717, 1.165) is 92.9 Å². The molecule has 2 saturated carbocycles. The Morgan fingerprint density at radius 3 is 2.46 bits per heavy atom. The third-order valence-corrected chi connectivity index (χ3v) is 10.8. The van der Waals surface area contributed by atoms with E-state index in [2.05, 4.69) is 55.5 Å². The van der Waals surface area contributed by atoms with Gasteiger partial charge in [0.05, 0.1) is 46.7 Å². The number of aromatic nitrogens is 3. The molecule has 4 fully saturated rings. The average molecular weight is 706 g/mol. The topological polar surface area (TPSA) is 180 Å². The van der Waals surface area contributed by atoms with Gasteiger partial charge in [0.25, 0.3) is 11.8 Å². The molecule has 3 aliphatic heterocycles. The van der Waals surface area contributed by atoms with Crippen molar-refractivity contribution in [2.24, 2.45) is 17.4 Å². The lowest BCUT2D eigenvalue weighted by Crippen LogP contribution is -2.48. The highest BCUT2D eigenvalue weighted by Gasteiger charge is 2.38. The van der Waals surface area contributed by atoms with Crippen LogP contribution in [-0.2, 0) is 16.1 Å². The van der Waals surface area contributed by atoms with E-state index in [0.29, 0.717) is 17.9 Å². The minimum Gasteiger partial charge on any atom is -0.393 e. The molecule has 0 radical (unpaired) electrons. The van der Waals surface area contributed by atoms with Gasteiger partial charge in [-0.05, 0) is 56.7 Å². The summed E-state index contributed by atoms with van der Waals surface area (Å²) in [6.07, 6.45) is 8.93. The van der Waals surface area contributed by atoms with Gasteiger partial charge in [-0.3, -0.25) is 24.0 Å². The minimum atomic E-state index is -0.381. The Morgan fingerprint density at radius 1 is 1.00 bits per heavy atom. The van der Waals surface area contributed by atoms with E-state index >= 15 is 0 Å². The van der Waals surface area contributed by atoms with Crippen LogP contribution < -0.4 is 32.3 Å². The summed E-state index contributed by atoms with van der Waals surface area (Å²) in [7, 11) is 2.08. The maximum atomic E-state index is 13.1. The normalized spacial score (nSPS) is 20.6. The van der Waals surface area contributed by atoms with Crippen LogP contribution in [0.15, 0.2) is 65.9 Å². The molecule has 3 amide bonds. The second kappa shape index (κ2) is 13.6. The molecule has 8 rings (SSSR count). The summed E-state index contributed by atoms with van der Waals surface area (Å²) in [6, 6.07) is 12.1. The monoisotopic (exact) mass is 705 g/mol. The predicted molar refractivity (Wildman–Crippen MR) is 197 cm³/mol. The standard InChI is InChI=1S/C38H47N11O3/c1-3-31-35-27(18-41-49(35)25-20-47(21-25)19-24-7-4-10-29(42-24)38(52)48-15-6-16-48)26-8-5-9-28(34(26)46(31)2)44-30(33(40)37(51)43-23-13-14-23)17-32(39)45-36(50)22-11-12-22/h4-5,7-10,17-18,22-23,25,31,44H,3,6,11-16,19-21,39-40H2,1-2H3,(H,43,51)(H,45,50)/b32-17+,33-30+. The van der Waals surface area contributed by atoms with Gasteiger partial charge in [-0.1, -0.05) is 25.1 Å². The van der Waals surface area contributed by atoms with Crippen LogP contribution in [0.2, 0.25) is 0 Å². The molecule has 1 atom stereocenters. The number of pyridine rings is 1. The van der Waals surface area contributed by atoms with Gasteiger partial charge in [-0.15, -0.1) is 0 Å². The fourth-order valence-corrected chi connectivity index (χ4v) is 7.39. The van der Waals surface area contributed by atoms with E-state index in [-0.39, 0.29) is 53.3 Å². The fraction of sp³-hybridized carbons (Fsp3) is 0.447. The molecule has 7 N–H and O–H groups in total. The van der Waals surface area contributed by atoms with E-state index in [1.807, 2.05) is 35.4 Å². The van der Waals surface area contributed by atoms with Crippen LogP contribution in [-0.4, -0.2) is 81.6 Å². The zero-order chi connectivity index (χ0) is 36.1. The summed E-state index contributed by atoms with van der Waals surface area (Å²) < 4.78 is 2.19. The summed E-state index contributed by atoms with van der Waals surface area (Å²) in [5.74, 6) is -0.404. The Kier molecular flexibility index (Phi) is 8.85.